The molecule has 0 spiro atoms. The van der Waals surface area contributed by atoms with Gasteiger partial charge >= 0.3 is 0 Å². The monoisotopic (exact) mass is 481 g/mol. The Kier molecular flexibility index (Phi) is 8.76. The van der Waals surface area contributed by atoms with Crippen molar-refractivity contribution in [3.05, 3.63) is 84.4 Å². The van der Waals surface area contributed by atoms with Gasteiger partial charge in [0, 0.05) is 40.7 Å². The van der Waals surface area contributed by atoms with Gasteiger partial charge in [-0.2, -0.15) is 5.10 Å². The highest BCUT2D eigenvalue weighted by Gasteiger charge is 2.13. The molecular formula is C30H35N5O. The lowest BCUT2D eigenvalue weighted by molar-refractivity contribution is 0.283. The highest BCUT2D eigenvalue weighted by molar-refractivity contribution is 5.98. The topological polar surface area (TPSA) is 75.3 Å². The summed E-state index contributed by atoms with van der Waals surface area (Å²) in [5.74, 6) is 0. The Balaban J connectivity index is 0.000000331. The minimum Gasteiger partial charge on any atom is -0.392 e. The van der Waals surface area contributed by atoms with Crippen LogP contribution < -0.4 is 5.32 Å². The number of rotatable bonds is 8. The van der Waals surface area contributed by atoms with E-state index in [9.17, 15) is 5.11 Å². The van der Waals surface area contributed by atoms with Crippen molar-refractivity contribution in [1.82, 2.24) is 24.9 Å². The molecule has 5 rings (SSSR count). The fraction of sp³-hybridized carbons (Fsp3) is 0.300. The standard InChI is InChI=1S/C23H18N4O.C7H17N/c1-15-5-7-16(8-6-15)18-11-25-23-21(12-26-27(23)13-18)19-9-10-24-22-17(14-28)3-2-4-20(19)22;1-3-5-7-8-6-4-2/h2-13,28H,14H2,1H3;8H,3-7H2,1-2H3. The van der Waals surface area contributed by atoms with E-state index in [1.54, 1.807) is 6.20 Å². The van der Waals surface area contributed by atoms with Crippen LogP contribution in [-0.2, 0) is 6.61 Å². The van der Waals surface area contributed by atoms with Crippen LogP contribution in [0, 0.1) is 6.92 Å². The normalized spacial score (nSPS) is 11.0. The second-order valence-corrected chi connectivity index (χ2v) is 8.97. The summed E-state index contributed by atoms with van der Waals surface area (Å²) in [6, 6.07) is 16.2. The van der Waals surface area contributed by atoms with Gasteiger partial charge < -0.3 is 10.4 Å². The smallest absolute Gasteiger partial charge is 0.162 e. The van der Waals surface area contributed by atoms with Crippen LogP contribution >= 0.6 is 0 Å². The van der Waals surface area contributed by atoms with Crippen LogP contribution in [0.2, 0.25) is 0 Å². The number of fused-ring (bicyclic) bond motifs is 2. The molecule has 3 heterocycles. The number of unbranched alkanes of at least 4 members (excludes halogenated alkanes) is 1. The molecule has 2 aromatic carbocycles. The van der Waals surface area contributed by atoms with Crippen LogP contribution in [0.5, 0.6) is 0 Å². The van der Waals surface area contributed by atoms with Crippen LogP contribution in [0.15, 0.2) is 73.3 Å². The van der Waals surface area contributed by atoms with Crippen molar-refractivity contribution in [2.45, 2.75) is 46.6 Å². The number of para-hydroxylation sites is 1. The molecule has 5 aromatic rings. The molecule has 36 heavy (non-hydrogen) atoms. The number of nitrogens with one attached hydrogen (secondary N) is 1. The third-order valence-electron chi connectivity index (χ3n) is 6.19. The Morgan fingerprint density at radius 1 is 0.861 bits per heavy atom. The maximum atomic E-state index is 9.62. The second-order valence-electron chi connectivity index (χ2n) is 8.97. The first-order valence-corrected chi connectivity index (χ1v) is 12.7. The molecule has 0 saturated carbocycles. The zero-order chi connectivity index (χ0) is 25.3. The molecule has 3 aromatic heterocycles. The van der Waals surface area contributed by atoms with Crippen molar-refractivity contribution in [3.63, 3.8) is 0 Å². The summed E-state index contributed by atoms with van der Waals surface area (Å²) in [5, 5.41) is 18.5. The van der Waals surface area contributed by atoms with E-state index in [0.29, 0.717) is 0 Å². The van der Waals surface area contributed by atoms with Gasteiger partial charge in [-0.25, -0.2) is 9.50 Å². The van der Waals surface area contributed by atoms with Crippen molar-refractivity contribution in [2.75, 3.05) is 13.1 Å². The molecule has 0 radical (unpaired) electrons. The summed E-state index contributed by atoms with van der Waals surface area (Å²) in [4.78, 5) is 9.15. The maximum absolute atomic E-state index is 9.62. The summed E-state index contributed by atoms with van der Waals surface area (Å²) in [6.45, 7) is 8.82. The predicted octanol–water partition coefficient (Wildman–Crippen LogP) is 6.20. The van der Waals surface area contributed by atoms with E-state index in [1.807, 2.05) is 47.4 Å². The van der Waals surface area contributed by atoms with Crippen LogP contribution in [-0.4, -0.2) is 37.8 Å². The average molecular weight is 482 g/mol. The number of aliphatic hydroxyl groups is 1. The Morgan fingerprint density at radius 2 is 1.69 bits per heavy atom. The van der Waals surface area contributed by atoms with E-state index in [2.05, 4.69) is 60.4 Å². The van der Waals surface area contributed by atoms with Gasteiger partial charge in [0.15, 0.2) is 5.65 Å². The Labute approximate surface area is 213 Å². The SMILES string of the molecule is CCCCNCCC.Cc1ccc(-c2cnc3c(-c4ccnc5c(CO)cccc45)cnn3c2)cc1. The lowest BCUT2D eigenvalue weighted by Gasteiger charge is -2.08. The third kappa shape index (κ3) is 5.78. The summed E-state index contributed by atoms with van der Waals surface area (Å²) >= 11 is 0. The first kappa shape index (κ1) is 25.5. The van der Waals surface area contributed by atoms with Gasteiger partial charge in [-0.05, 0) is 50.0 Å². The number of aliphatic hydroxyl groups excluding tert-OH is 1. The maximum Gasteiger partial charge on any atom is 0.162 e. The molecule has 0 unspecified atom stereocenters. The van der Waals surface area contributed by atoms with Crippen LogP contribution in [0.25, 0.3) is 38.8 Å². The van der Waals surface area contributed by atoms with E-state index >= 15 is 0 Å². The fourth-order valence-corrected chi connectivity index (χ4v) is 4.16. The Hall–Kier alpha value is -3.61. The van der Waals surface area contributed by atoms with Gasteiger partial charge in [0.25, 0.3) is 0 Å². The molecule has 0 bridgehead atoms. The first-order chi connectivity index (χ1) is 17.7. The number of hydrogen-bond acceptors (Lipinski definition) is 5. The van der Waals surface area contributed by atoms with Gasteiger partial charge in [0.2, 0.25) is 0 Å². The Bertz CT molecular complexity index is 1400. The highest BCUT2D eigenvalue weighted by atomic mass is 16.3. The second kappa shape index (κ2) is 12.4. The largest absolute Gasteiger partial charge is 0.392 e. The molecule has 6 nitrogen and oxygen atoms in total. The molecule has 6 heteroatoms. The minimum atomic E-state index is -0.0410. The molecule has 0 aliphatic rings. The molecular weight excluding hydrogens is 446 g/mol. The summed E-state index contributed by atoms with van der Waals surface area (Å²) in [7, 11) is 0. The van der Waals surface area contributed by atoms with Crippen LogP contribution in [0.3, 0.4) is 0 Å². The van der Waals surface area contributed by atoms with Crippen LogP contribution in [0.1, 0.15) is 44.2 Å². The quantitative estimate of drug-likeness (QED) is 0.258. The molecule has 0 atom stereocenters. The zero-order valence-corrected chi connectivity index (χ0v) is 21.4. The molecule has 0 fully saturated rings. The van der Waals surface area contributed by atoms with Gasteiger partial charge in [0.05, 0.1) is 18.3 Å². The molecule has 2 N–H and O–H groups in total. The van der Waals surface area contributed by atoms with Gasteiger partial charge in [0.1, 0.15) is 0 Å². The number of pyridine rings is 1. The Morgan fingerprint density at radius 3 is 2.44 bits per heavy atom. The van der Waals surface area contributed by atoms with Gasteiger partial charge in [-0.1, -0.05) is 68.3 Å². The summed E-state index contributed by atoms with van der Waals surface area (Å²) < 4.78 is 1.81. The van der Waals surface area contributed by atoms with Crippen molar-refractivity contribution >= 4 is 16.6 Å². The van der Waals surface area contributed by atoms with Crippen molar-refractivity contribution in [2.24, 2.45) is 0 Å². The molecule has 186 valence electrons. The zero-order valence-electron chi connectivity index (χ0n) is 21.4. The minimum absolute atomic E-state index is 0.0410. The number of hydrogen-bond donors (Lipinski definition) is 2. The lowest BCUT2D eigenvalue weighted by Crippen LogP contribution is -2.15. The van der Waals surface area contributed by atoms with E-state index in [-0.39, 0.29) is 6.61 Å². The summed E-state index contributed by atoms with van der Waals surface area (Å²) in [6.07, 6.45) is 11.4. The molecule has 0 saturated heterocycles. The third-order valence-corrected chi connectivity index (χ3v) is 6.19. The summed E-state index contributed by atoms with van der Waals surface area (Å²) in [5.41, 5.74) is 7.71. The van der Waals surface area contributed by atoms with E-state index in [0.717, 1.165) is 44.4 Å². The molecule has 0 amide bonds. The van der Waals surface area contributed by atoms with Crippen molar-refractivity contribution in [1.29, 1.82) is 0 Å². The fourth-order valence-electron chi connectivity index (χ4n) is 4.16. The van der Waals surface area contributed by atoms with Gasteiger partial charge in [-0.3, -0.25) is 4.98 Å². The van der Waals surface area contributed by atoms with E-state index in [4.69, 9.17) is 4.98 Å². The predicted molar refractivity (Wildman–Crippen MR) is 148 cm³/mol. The number of aryl methyl sites for hydroxylation is 1. The van der Waals surface area contributed by atoms with E-state index in [1.165, 1.54) is 37.9 Å². The number of benzene rings is 2. The first-order valence-electron chi connectivity index (χ1n) is 12.7. The number of nitrogens with zero attached hydrogens (tertiary/aromatic N) is 4. The average Bonchev–Trinajstić information content (AvgIpc) is 3.34. The molecule has 0 aliphatic heterocycles. The number of aromatic nitrogens is 4. The van der Waals surface area contributed by atoms with Crippen molar-refractivity contribution in [3.8, 4) is 22.3 Å². The van der Waals surface area contributed by atoms with E-state index < -0.39 is 0 Å². The van der Waals surface area contributed by atoms with Gasteiger partial charge in [-0.15, -0.1) is 0 Å². The lowest BCUT2D eigenvalue weighted by atomic mass is 10.0. The molecule has 0 aliphatic carbocycles. The highest BCUT2D eigenvalue weighted by Crippen LogP contribution is 2.32. The van der Waals surface area contributed by atoms with Crippen LogP contribution in [0.4, 0.5) is 0 Å². The van der Waals surface area contributed by atoms with Crippen molar-refractivity contribution < 1.29 is 5.11 Å².